The van der Waals surface area contributed by atoms with Crippen LogP contribution in [0.5, 0.6) is 5.75 Å². The number of allylic oxidation sites excluding steroid dienone is 1. The van der Waals surface area contributed by atoms with Gasteiger partial charge in [0.05, 0.1) is 12.1 Å². The summed E-state index contributed by atoms with van der Waals surface area (Å²) in [7, 11) is 3.83. The van der Waals surface area contributed by atoms with E-state index >= 15 is 0 Å². The lowest BCUT2D eigenvalue weighted by molar-refractivity contribution is 0.102. The molecule has 39 heavy (non-hydrogen) atoms. The summed E-state index contributed by atoms with van der Waals surface area (Å²) in [5.74, 6) is 0.708. The zero-order chi connectivity index (χ0) is 27.8. The number of likely N-dealkylation sites (N-methyl/N-ethyl adjacent to an activating group) is 1. The standard InChI is InChI=1S/C32H38N4O2S/c1-23-9-14-29(20-31(23)33-25(3)39-22-24(2)28-7-6-8-30(19-28)38-5)34-32(37)27-12-10-26(11-13-27)21-36-17-15-35(4)16-18-36/h6-14,19-20,22,33H,3,15-18,21H2,1-2,4-5H3,(H,34,37)/b24-22+. The fraction of sp³-hybridized carbons (Fsp3) is 0.281. The van der Waals surface area contributed by atoms with Crippen LogP contribution in [0.4, 0.5) is 11.4 Å². The number of amides is 1. The van der Waals surface area contributed by atoms with Crippen molar-refractivity contribution in [2.75, 3.05) is 51.0 Å². The van der Waals surface area contributed by atoms with Gasteiger partial charge in [-0.25, -0.2) is 0 Å². The molecule has 4 rings (SSSR count). The Morgan fingerprint density at radius 3 is 2.46 bits per heavy atom. The lowest BCUT2D eigenvalue weighted by atomic mass is 10.1. The highest BCUT2D eigenvalue weighted by atomic mass is 32.2. The zero-order valence-electron chi connectivity index (χ0n) is 23.3. The highest BCUT2D eigenvalue weighted by molar-refractivity contribution is 8.06. The Bertz CT molecular complexity index is 1330. The number of methoxy groups -OCH3 is 1. The molecule has 3 aromatic rings. The molecule has 2 N–H and O–H groups in total. The lowest BCUT2D eigenvalue weighted by Gasteiger charge is -2.32. The number of carbonyl (C=O) groups excluding carboxylic acids is 1. The number of hydrogen-bond acceptors (Lipinski definition) is 6. The summed E-state index contributed by atoms with van der Waals surface area (Å²) in [4.78, 5) is 17.8. The van der Waals surface area contributed by atoms with E-state index in [0.29, 0.717) is 5.56 Å². The molecule has 1 aliphatic heterocycles. The first kappa shape index (κ1) is 28.5. The van der Waals surface area contributed by atoms with E-state index in [4.69, 9.17) is 4.74 Å². The SMILES string of the molecule is C=C(Nc1cc(NC(=O)c2ccc(CN3CCN(C)CC3)cc2)ccc1C)S/C=C(\C)c1cccc(OC)c1. The molecule has 0 aliphatic carbocycles. The highest BCUT2D eigenvalue weighted by Gasteiger charge is 2.14. The molecule has 1 aliphatic rings. The number of benzene rings is 3. The number of carbonyl (C=O) groups is 1. The van der Waals surface area contributed by atoms with Gasteiger partial charge in [-0.3, -0.25) is 9.69 Å². The lowest BCUT2D eigenvalue weighted by Crippen LogP contribution is -2.43. The molecular weight excluding hydrogens is 504 g/mol. The van der Waals surface area contributed by atoms with Gasteiger partial charge in [-0.1, -0.05) is 48.7 Å². The number of hydrogen-bond donors (Lipinski definition) is 2. The molecule has 1 heterocycles. The monoisotopic (exact) mass is 542 g/mol. The first-order valence-electron chi connectivity index (χ1n) is 13.2. The van der Waals surface area contributed by atoms with Crippen molar-refractivity contribution in [1.29, 1.82) is 0 Å². The average Bonchev–Trinajstić information content (AvgIpc) is 2.95. The molecule has 1 saturated heterocycles. The largest absolute Gasteiger partial charge is 0.497 e. The van der Waals surface area contributed by atoms with Crippen LogP contribution in [-0.4, -0.2) is 56.0 Å². The molecule has 0 spiro atoms. The number of thioether (sulfide) groups is 1. The van der Waals surface area contributed by atoms with Crippen LogP contribution >= 0.6 is 11.8 Å². The van der Waals surface area contributed by atoms with E-state index in [-0.39, 0.29) is 5.91 Å². The molecule has 0 atom stereocenters. The van der Waals surface area contributed by atoms with Crippen molar-refractivity contribution >= 4 is 34.6 Å². The van der Waals surface area contributed by atoms with Crippen LogP contribution < -0.4 is 15.4 Å². The van der Waals surface area contributed by atoms with Crippen LogP contribution in [0, 0.1) is 6.92 Å². The summed E-state index contributed by atoms with van der Waals surface area (Å²) in [5.41, 5.74) is 6.79. The second kappa shape index (κ2) is 13.5. The van der Waals surface area contributed by atoms with E-state index < -0.39 is 0 Å². The fourth-order valence-corrected chi connectivity index (χ4v) is 4.96. The molecule has 0 bridgehead atoms. The van der Waals surface area contributed by atoms with Crippen LogP contribution in [0.15, 0.2) is 83.7 Å². The number of nitrogens with zero attached hydrogens (tertiary/aromatic N) is 2. The molecule has 204 valence electrons. The Kier molecular flexibility index (Phi) is 9.87. The van der Waals surface area contributed by atoms with Crippen LogP contribution in [0.3, 0.4) is 0 Å². The Morgan fingerprint density at radius 1 is 1.00 bits per heavy atom. The summed E-state index contributed by atoms with van der Waals surface area (Å²) in [6.07, 6.45) is 0. The Balaban J connectivity index is 1.33. The van der Waals surface area contributed by atoms with Crippen molar-refractivity contribution in [2.45, 2.75) is 20.4 Å². The van der Waals surface area contributed by atoms with Gasteiger partial charge in [0, 0.05) is 49.7 Å². The number of piperazine rings is 1. The first-order valence-corrected chi connectivity index (χ1v) is 14.0. The number of ether oxygens (including phenoxy) is 1. The summed E-state index contributed by atoms with van der Waals surface area (Å²) in [6, 6.07) is 21.8. The van der Waals surface area contributed by atoms with Gasteiger partial charge >= 0.3 is 0 Å². The predicted molar refractivity (Wildman–Crippen MR) is 165 cm³/mol. The van der Waals surface area contributed by atoms with Gasteiger partial charge in [-0.15, -0.1) is 0 Å². The summed E-state index contributed by atoms with van der Waals surface area (Å²) >= 11 is 1.53. The molecule has 0 aromatic heterocycles. The minimum atomic E-state index is -0.124. The van der Waals surface area contributed by atoms with E-state index in [1.54, 1.807) is 7.11 Å². The minimum Gasteiger partial charge on any atom is -0.497 e. The van der Waals surface area contributed by atoms with Crippen LogP contribution in [0.1, 0.15) is 34.0 Å². The van der Waals surface area contributed by atoms with E-state index in [9.17, 15) is 4.79 Å². The van der Waals surface area contributed by atoms with Crippen LogP contribution in [0.2, 0.25) is 0 Å². The Labute approximate surface area is 236 Å². The number of anilines is 2. The summed E-state index contributed by atoms with van der Waals surface area (Å²) in [6.45, 7) is 13.5. The third kappa shape index (κ3) is 8.23. The van der Waals surface area contributed by atoms with Crippen molar-refractivity contribution in [2.24, 2.45) is 0 Å². The maximum absolute atomic E-state index is 12.9. The van der Waals surface area contributed by atoms with Crippen molar-refractivity contribution in [1.82, 2.24) is 9.80 Å². The van der Waals surface area contributed by atoms with Gasteiger partial charge in [-0.05, 0) is 85.0 Å². The van der Waals surface area contributed by atoms with Crippen LogP contribution in [-0.2, 0) is 6.54 Å². The molecule has 0 saturated carbocycles. The Hall–Kier alpha value is -3.52. The third-order valence-electron chi connectivity index (χ3n) is 6.89. The van der Waals surface area contributed by atoms with Crippen molar-refractivity contribution in [3.63, 3.8) is 0 Å². The van der Waals surface area contributed by atoms with Crippen molar-refractivity contribution in [3.05, 3.63) is 106 Å². The molecule has 0 radical (unpaired) electrons. The highest BCUT2D eigenvalue weighted by Crippen LogP contribution is 2.28. The molecule has 3 aromatic carbocycles. The molecular formula is C32H38N4O2S. The second-order valence-corrected chi connectivity index (χ2v) is 10.9. The smallest absolute Gasteiger partial charge is 0.255 e. The predicted octanol–water partition coefficient (Wildman–Crippen LogP) is 6.68. The van der Waals surface area contributed by atoms with E-state index in [1.807, 2.05) is 55.5 Å². The molecule has 7 heteroatoms. The molecule has 0 unspecified atom stereocenters. The van der Waals surface area contributed by atoms with Gasteiger partial charge in [-0.2, -0.15) is 0 Å². The maximum atomic E-state index is 12.9. The number of rotatable bonds is 10. The normalized spacial score (nSPS) is 14.6. The topological polar surface area (TPSA) is 56.8 Å². The quantitative estimate of drug-likeness (QED) is 0.298. The summed E-state index contributed by atoms with van der Waals surface area (Å²) < 4.78 is 5.33. The van der Waals surface area contributed by atoms with Crippen molar-refractivity contribution < 1.29 is 9.53 Å². The number of aryl methyl sites for hydroxylation is 1. The van der Waals surface area contributed by atoms with E-state index in [0.717, 1.165) is 71.6 Å². The van der Waals surface area contributed by atoms with Crippen molar-refractivity contribution in [3.8, 4) is 5.75 Å². The van der Waals surface area contributed by atoms with Crippen LogP contribution in [0.25, 0.3) is 5.57 Å². The molecule has 1 fully saturated rings. The van der Waals surface area contributed by atoms with Gasteiger partial charge in [0.1, 0.15) is 5.75 Å². The Morgan fingerprint density at radius 2 is 1.74 bits per heavy atom. The zero-order valence-corrected chi connectivity index (χ0v) is 24.1. The maximum Gasteiger partial charge on any atom is 0.255 e. The molecule has 1 amide bonds. The van der Waals surface area contributed by atoms with E-state index in [1.165, 1.54) is 17.3 Å². The van der Waals surface area contributed by atoms with Gasteiger partial charge in [0.2, 0.25) is 0 Å². The molecule has 6 nitrogen and oxygen atoms in total. The average molecular weight is 543 g/mol. The van der Waals surface area contributed by atoms with Gasteiger partial charge < -0.3 is 20.3 Å². The summed E-state index contributed by atoms with van der Waals surface area (Å²) in [5, 5.41) is 9.27. The second-order valence-electron chi connectivity index (χ2n) is 9.96. The minimum absolute atomic E-state index is 0.124. The van der Waals surface area contributed by atoms with E-state index in [2.05, 4.69) is 64.6 Å². The third-order valence-corrected chi connectivity index (χ3v) is 7.75. The van der Waals surface area contributed by atoms with Gasteiger partial charge in [0.25, 0.3) is 5.91 Å². The number of nitrogens with one attached hydrogen (secondary N) is 2. The van der Waals surface area contributed by atoms with Gasteiger partial charge in [0.15, 0.2) is 0 Å². The first-order chi connectivity index (χ1) is 18.8. The fourth-order valence-electron chi connectivity index (χ4n) is 4.34.